The van der Waals surface area contributed by atoms with Gasteiger partial charge in [-0.15, -0.1) is 10.0 Å². The Bertz CT molecular complexity index is 763. The zero-order valence-corrected chi connectivity index (χ0v) is 11.7. The van der Waals surface area contributed by atoms with E-state index in [2.05, 4.69) is 27.7 Å². The number of anilines is 1. The second kappa shape index (κ2) is 5.70. The Morgan fingerprint density at radius 3 is 2.86 bits per heavy atom. The van der Waals surface area contributed by atoms with Crippen molar-refractivity contribution in [2.24, 2.45) is 12.2 Å². The fourth-order valence-corrected chi connectivity index (χ4v) is 2.22. The van der Waals surface area contributed by atoms with Crippen LogP contribution >= 0.6 is 0 Å². The normalized spacial score (nSPS) is 10.7. The summed E-state index contributed by atoms with van der Waals surface area (Å²) in [6.45, 7) is 0.695. The number of rotatable bonds is 5. The average molecular weight is 282 g/mol. The van der Waals surface area contributed by atoms with Crippen LogP contribution in [0.3, 0.4) is 0 Å². The monoisotopic (exact) mass is 282 g/mol. The molecule has 0 saturated carbocycles. The lowest BCUT2D eigenvalue weighted by molar-refractivity contribution is -0.671. The smallest absolute Gasteiger partial charge is 0.178 e. The van der Waals surface area contributed by atoms with Gasteiger partial charge in [0, 0.05) is 24.9 Å². The maximum atomic E-state index is 11.0. The molecule has 21 heavy (non-hydrogen) atoms. The summed E-state index contributed by atoms with van der Waals surface area (Å²) in [5, 5.41) is 10.6. The highest BCUT2D eigenvalue weighted by Crippen LogP contribution is 2.28. The molecule has 0 spiro atoms. The summed E-state index contributed by atoms with van der Waals surface area (Å²) in [5.74, 6) is 0.526. The molecular weight excluding hydrogens is 266 g/mol. The molecule has 3 rings (SSSR count). The molecule has 0 fully saturated rings. The van der Waals surface area contributed by atoms with Crippen LogP contribution in [0.1, 0.15) is 5.56 Å². The molecule has 0 aliphatic carbocycles. The minimum absolute atomic E-state index is 0.357. The van der Waals surface area contributed by atoms with E-state index in [0.29, 0.717) is 23.6 Å². The van der Waals surface area contributed by atoms with E-state index in [1.165, 1.54) is 5.56 Å². The Hall–Kier alpha value is -2.76. The van der Waals surface area contributed by atoms with Crippen LogP contribution in [0.5, 0.6) is 0 Å². The van der Waals surface area contributed by atoms with Crippen LogP contribution in [-0.4, -0.2) is 16.2 Å². The van der Waals surface area contributed by atoms with Crippen molar-refractivity contribution in [3.63, 3.8) is 0 Å². The van der Waals surface area contributed by atoms with Gasteiger partial charge < -0.3 is 5.32 Å². The second-order valence-corrected chi connectivity index (χ2v) is 4.87. The van der Waals surface area contributed by atoms with Gasteiger partial charge in [-0.05, 0) is 29.3 Å². The van der Waals surface area contributed by atoms with Crippen molar-refractivity contribution >= 4 is 17.0 Å². The molecule has 0 radical (unpaired) electrons. The number of aryl methyl sites for hydroxylation is 1. The van der Waals surface area contributed by atoms with Gasteiger partial charge in [0.1, 0.15) is 7.05 Å². The third kappa shape index (κ3) is 2.74. The van der Waals surface area contributed by atoms with Crippen LogP contribution in [0.2, 0.25) is 0 Å². The van der Waals surface area contributed by atoms with E-state index in [1.807, 2.05) is 42.2 Å². The first-order valence-electron chi connectivity index (χ1n) is 6.77. The van der Waals surface area contributed by atoms with E-state index in [1.54, 1.807) is 10.7 Å². The number of fused-ring (bicyclic) bond motifs is 1. The summed E-state index contributed by atoms with van der Waals surface area (Å²) in [5.41, 5.74) is 2.29. The molecule has 0 atom stereocenters. The Morgan fingerprint density at radius 2 is 2.10 bits per heavy atom. The molecule has 0 aromatic carbocycles. The van der Waals surface area contributed by atoms with Gasteiger partial charge in [0.25, 0.3) is 0 Å². The van der Waals surface area contributed by atoms with Crippen LogP contribution in [0.25, 0.3) is 5.52 Å². The number of hydrogen-bond acceptors (Lipinski definition) is 4. The minimum atomic E-state index is 0.357. The van der Waals surface area contributed by atoms with Gasteiger partial charge in [-0.25, -0.2) is 9.08 Å². The van der Waals surface area contributed by atoms with Crippen molar-refractivity contribution in [2.45, 2.75) is 6.42 Å². The fraction of sp³-hybridized carbons (Fsp3) is 0.200. The highest BCUT2D eigenvalue weighted by atomic mass is 16.3. The van der Waals surface area contributed by atoms with Crippen molar-refractivity contribution in [2.75, 3.05) is 11.9 Å². The molecule has 0 amide bonds. The molecule has 6 heteroatoms. The van der Waals surface area contributed by atoms with Gasteiger partial charge in [0.15, 0.2) is 23.9 Å². The highest BCUT2D eigenvalue weighted by Gasteiger charge is 2.12. The lowest BCUT2D eigenvalue weighted by atomic mass is 10.2. The van der Waals surface area contributed by atoms with E-state index in [-0.39, 0.29) is 0 Å². The summed E-state index contributed by atoms with van der Waals surface area (Å²) in [6, 6.07) is 9.70. The highest BCUT2D eigenvalue weighted by molar-refractivity contribution is 5.79. The Balaban J connectivity index is 1.73. The number of aromatic nitrogens is 3. The fourth-order valence-electron chi connectivity index (χ4n) is 2.22. The molecule has 106 valence electrons. The number of hydrogen-bond donors (Lipinski definition) is 1. The van der Waals surface area contributed by atoms with Gasteiger partial charge in [0.2, 0.25) is 0 Å². The molecule has 0 bridgehead atoms. The molecule has 0 aliphatic rings. The largest absolute Gasteiger partial charge is 0.366 e. The zero-order chi connectivity index (χ0) is 14.7. The van der Waals surface area contributed by atoms with Crippen LogP contribution in [-0.2, 0) is 13.5 Å². The first-order chi connectivity index (χ1) is 10.3. The molecule has 6 nitrogen and oxygen atoms in total. The quantitative estimate of drug-likeness (QED) is 0.576. The van der Waals surface area contributed by atoms with Gasteiger partial charge in [-0.3, -0.25) is 0 Å². The lowest BCUT2D eigenvalue weighted by Crippen LogP contribution is -2.26. The Labute approximate surface area is 122 Å². The summed E-state index contributed by atoms with van der Waals surface area (Å²) in [7, 11) is 1.99. The van der Waals surface area contributed by atoms with E-state index in [4.69, 9.17) is 0 Å². The minimum Gasteiger partial charge on any atom is -0.366 e. The SMILES string of the molecule is C[n+]1ccc(CCNc2nn3ccccc3c2N=O)cc1. The van der Waals surface area contributed by atoms with Gasteiger partial charge in [-0.1, -0.05) is 6.07 Å². The Kier molecular flexibility index (Phi) is 3.59. The van der Waals surface area contributed by atoms with Crippen molar-refractivity contribution in [1.29, 1.82) is 0 Å². The first kappa shape index (κ1) is 13.2. The van der Waals surface area contributed by atoms with Crippen molar-refractivity contribution in [3.05, 3.63) is 59.4 Å². The van der Waals surface area contributed by atoms with Crippen LogP contribution in [0.4, 0.5) is 11.5 Å². The predicted octanol–water partition coefficient (Wildman–Crippen LogP) is 2.21. The van der Waals surface area contributed by atoms with Gasteiger partial charge in [-0.2, -0.15) is 0 Å². The van der Waals surface area contributed by atoms with Crippen molar-refractivity contribution in [3.8, 4) is 0 Å². The molecule has 3 aromatic heterocycles. The van der Waals surface area contributed by atoms with E-state index < -0.39 is 0 Å². The average Bonchev–Trinajstić information content (AvgIpc) is 2.86. The third-order valence-electron chi connectivity index (χ3n) is 3.36. The lowest BCUT2D eigenvalue weighted by Gasteiger charge is -2.02. The topological polar surface area (TPSA) is 62.6 Å². The van der Waals surface area contributed by atoms with Crippen LogP contribution in [0.15, 0.2) is 54.1 Å². The van der Waals surface area contributed by atoms with Crippen LogP contribution < -0.4 is 9.88 Å². The maximum Gasteiger partial charge on any atom is 0.178 e. The van der Waals surface area contributed by atoms with Crippen molar-refractivity contribution < 1.29 is 4.57 Å². The molecule has 3 aromatic rings. The third-order valence-corrected chi connectivity index (χ3v) is 3.36. The van der Waals surface area contributed by atoms with E-state index in [0.717, 1.165) is 6.42 Å². The molecular formula is C15H16N5O+. The van der Waals surface area contributed by atoms with E-state index in [9.17, 15) is 4.91 Å². The maximum absolute atomic E-state index is 11.0. The zero-order valence-electron chi connectivity index (χ0n) is 11.7. The first-order valence-corrected chi connectivity index (χ1v) is 6.77. The van der Waals surface area contributed by atoms with E-state index >= 15 is 0 Å². The second-order valence-electron chi connectivity index (χ2n) is 4.87. The number of pyridine rings is 2. The standard InChI is InChI=1S/C15H16N5O/c1-19-10-6-12(7-11-19)5-8-16-15-14(18-21)13-4-2-3-9-20(13)17-15/h2-4,6-7,9-11H,5,8H2,1H3,(H,16,17)/q+1. The molecule has 0 aliphatic heterocycles. The predicted molar refractivity (Wildman–Crippen MR) is 80.5 cm³/mol. The van der Waals surface area contributed by atoms with Gasteiger partial charge in [0.05, 0.1) is 5.52 Å². The number of nitrogens with one attached hydrogen (secondary N) is 1. The Morgan fingerprint density at radius 1 is 1.29 bits per heavy atom. The summed E-state index contributed by atoms with van der Waals surface area (Å²) >= 11 is 0. The summed E-state index contributed by atoms with van der Waals surface area (Å²) < 4.78 is 3.65. The van der Waals surface area contributed by atoms with Gasteiger partial charge >= 0.3 is 0 Å². The molecule has 1 N–H and O–H groups in total. The molecule has 0 saturated heterocycles. The van der Waals surface area contributed by atoms with Crippen LogP contribution in [0, 0.1) is 4.91 Å². The number of nitrogens with zero attached hydrogens (tertiary/aromatic N) is 4. The number of nitroso groups, excluding NO2 is 1. The molecule has 3 heterocycles. The van der Waals surface area contributed by atoms with Crippen molar-refractivity contribution in [1.82, 2.24) is 9.61 Å². The summed E-state index contributed by atoms with van der Waals surface area (Å²) in [4.78, 5) is 11.0. The summed E-state index contributed by atoms with van der Waals surface area (Å²) in [6.07, 6.45) is 6.68. The molecule has 0 unspecified atom stereocenters.